The van der Waals surface area contributed by atoms with Crippen LogP contribution < -0.4 is 10.6 Å². The molecular weight excluding hydrogens is 596 g/mol. The average Bonchev–Trinajstić information content (AvgIpc) is 3.39. The highest BCUT2D eigenvalue weighted by Crippen LogP contribution is 2.33. The second-order valence-corrected chi connectivity index (χ2v) is 10.3. The molecule has 11 heteroatoms. The number of aryl methyl sites for hydroxylation is 1. The number of alkyl halides is 6. The SMILES string of the molecule is Cn1cc(NC(=O)c2ccccc2-c2ccc(C(F)(F)F)cc2)cc1C(=O)NCc1ccc(-c2ccc(C(F)(F)F)cc2)cc1. The maximum atomic E-state index is 13.2. The minimum atomic E-state index is -4.48. The van der Waals surface area contributed by atoms with E-state index < -0.39 is 35.3 Å². The first-order chi connectivity index (χ1) is 21.3. The summed E-state index contributed by atoms with van der Waals surface area (Å²) in [7, 11) is 1.64. The number of carbonyl (C=O) groups is 2. The Morgan fingerprint density at radius 1 is 0.667 bits per heavy atom. The van der Waals surface area contributed by atoms with Gasteiger partial charge in [-0.05, 0) is 64.2 Å². The van der Waals surface area contributed by atoms with Gasteiger partial charge in [0.1, 0.15) is 5.69 Å². The standard InChI is InChI=1S/C34H25F6N3O2/c1-43-20-27(42-31(44)29-5-3-2-4-28(29)24-12-16-26(17-13-24)34(38,39)40)18-30(43)32(45)41-19-21-6-8-22(9-7-21)23-10-14-25(15-11-23)33(35,36)37/h2-18,20H,19H2,1H3,(H,41,45)(H,42,44). The third-order valence-corrected chi connectivity index (χ3v) is 7.14. The second-order valence-electron chi connectivity index (χ2n) is 10.3. The molecule has 0 saturated carbocycles. The summed E-state index contributed by atoms with van der Waals surface area (Å²) in [6.45, 7) is 0.180. The molecule has 0 bridgehead atoms. The number of nitrogens with one attached hydrogen (secondary N) is 2. The summed E-state index contributed by atoms with van der Waals surface area (Å²) in [4.78, 5) is 26.1. The molecule has 0 unspecified atom stereocenters. The van der Waals surface area contributed by atoms with E-state index in [0.717, 1.165) is 35.4 Å². The lowest BCUT2D eigenvalue weighted by atomic mass is 9.98. The summed E-state index contributed by atoms with van der Waals surface area (Å²) < 4.78 is 79.0. The molecule has 45 heavy (non-hydrogen) atoms. The van der Waals surface area contributed by atoms with Gasteiger partial charge in [-0.25, -0.2) is 0 Å². The van der Waals surface area contributed by atoms with Crippen molar-refractivity contribution in [3.8, 4) is 22.3 Å². The van der Waals surface area contributed by atoms with E-state index in [1.165, 1.54) is 30.3 Å². The van der Waals surface area contributed by atoms with Gasteiger partial charge in [0.15, 0.2) is 0 Å². The van der Waals surface area contributed by atoms with Crippen molar-refractivity contribution < 1.29 is 35.9 Å². The largest absolute Gasteiger partial charge is 0.416 e. The van der Waals surface area contributed by atoms with Crippen LogP contribution in [0.5, 0.6) is 0 Å². The van der Waals surface area contributed by atoms with Gasteiger partial charge in [-0.15, -0.1) is 0 Å². The van der Waals surface area contributed by atoms with E-state index in [1.807, 2.05) is 0 Å². The van der Waals surface area contributed by atoms with Crippen molar-refractivity contribution in [1.82, 2.24) is 9.88 Å². The van der Waals surface area contributed by atoms with Crippen molar-refractivity contribution in [2.45, 2.75) is 18.9 Å². The van der Waals surface area contributed by atoms with Crippen molar-refractivity contribution in [2.24, 2.45) is 7.05 Å². The Bertz CT molecular complexity index is 1820. The predicted octanol–water partition coefficient (Wildman–Crippen LogP) is 8.58. The number of anilines is 1. The highest BCUT2D eigenvalue weighted by Gasteiger charge is 2.31. The smallest absolute Gasteiger partial charge is 0.347 e. The third kappa shape index (κ3) is 7.26. The van der Waals surface area contributed by atoms with Crippen LogP contribution in [0.3, 0.4) is 0 Å². The number of amides is 2. The van der Waals surface area contributed by atoms with Gasteiger partial charge in [0.05, 0.1) is 16.8 Å². The van der Waals surface area contributed by atoms with Crippen molar-refractivity contribution in [2.75, 3.05) is 5.32 Å². The number of carbonyl (C=O) groups excluding carboxylic acids is 2. The first-order valence-corrected chi connectivity index (χ1v) is 13.6. The minimum absolute atomic E-state index is 0.180. The first kappa shape index (κ1) is 31.1. The van der Waals surface area contributed by atoms with Crippen LogP contribution in [0.15, 0.2) is 109 Å². The van der Waals surface area contributed by atoms with Crippen molar-refractivity contribution >= 4 is 17.5 Å². The zero-order valence-corrected chi connectivity index (χ0v) is 23.6. The zero-order chi connectivity index (χ0) is 32.4. The number of halogens is 6. The molecule has 0 spiro atoms. The van der Waals surface area contributed by atoms with Gasteiger partial charge in [0, 0.05) is 25.4 Å². The summed E-state index contributed by atoms with van der Waals surface area (Å²) in [6.07, 6.45) is -7.32. The van der Waals surface area contributed by atoms with E-state index in [0.29, 0.717) is 22.4 Å². The topological polar surface area (TPSA) is 63.1 Å². The van der Waals surface area contributed by atoms with E-state index >= 15 is 0 Å². The number of nitrogens with zero attached hydrogens (tertiary/aromatic N) is 1. The molecule has 5 rings (SSSR count). The molecule has 0 saturated heterocycles. The third-order valence-electron chi connectivity index (χ3n) is 7.14. The Balaban J connectivity index is 1.22. The van der Waals surface area contributed by atoms with Crippen LogP contribution in [0.4, 0.5) is 32.0 Å². The second kappa shape index (κ2) is 12.4. The van der Waals surface area contributed by atoms with Crippen molar-refractivity contribution in [1.29, 1.82) is 0 Å². The highest BCUT2D eigenvalue weighted by atomic mass is 19.4. The molecular formula is C34H25F6N3O2. The molecule has 0 aliphatic rings. The normalized spacial score (nSPS) is 11.7. The maximum Gasteiger partial charge on any atom is 0.416 e. The van der Waals surface area contributed by atoms with E-state index in [1.54, 1.807) is 66.3 Å². The van der Waals surface area contributed by atoms with E-state index in [4.69, 9.17) is 0 Å². The molecule has 0 aliphatic heterocycles. The molecule has 5 nitrogen and oxygen atoms in total. The van der Waals surface area contributed by atoms with Crippen LogP contribution in [0, 0.1) is 0 Å². The fraction of sp³-hybridized carbons (Fsp3) is 0.118. The van der Waals surface area contributed by atoms with Gasteiger partial charge in [0.25, 0.3) is 11.8 Å². The Labute approximate surface area is 254 Å². The summed E-state index contributed by atoms with van der Waals surface area (Å²) in [5.74, 6) is -0.911. The molecule has 4 aromatic carbocycles. The first-order valence-electron chi connectivity index (χ1n) is 13.6. The molecule has 2 N–H and O–H groups in total. The van der Waals surface area contributed by atoms with Crippen LogP contribution in [0.1, 0.15) is 37.5 Å². The number of rotatable bonds is 7. The summed E-state index contributed by atoms with van der Waals surface area (Å²) in [6, 6.07) is 24.4. The maximum absolute atomic E-state index is 13.2. The number of hydrogen-bond donors (Lipinski definition) is 2. The van der Waals surface area contributed by atoms with Gasteiger partial charge in [-0.1, -0.05) is 66.7 Å². The summed E-state index contributed by atoms with van der Waals surface area (Å²) in [5, 5.41) is 5.55. The zero-order valence-electron chi connectivity index (χ0n) is 23.6. The summed E-state index contributed by atoms with van der Waals surface area (Å²) in [5.41, 5.74) is 2.33. The van der Waals surface area contributed by atoms with Crippen molar-refractivity contribution in [3.05, 3.63) is 137 Å². The molecule has 5 aromatic rings. The van der Waals surface area contributed by atoms with E-state index in [-0.39, 0.29) is 17.8 Å². The Hall–Kier alpha value is -5.32. The molecule has 230 valence electrons. The minimum Gasteiger partial charge on any atom is -0.347 e. The molecule has 0 fully saturated rings. The molecule has 0 radical (unpaired) electrons. The Kier molecular flexibility index (Phi) is 8.54. The van der Waals surface area contributed by atoms with Gasteiger partial charge < -0.3 is 15.2 Å². The molecule has 0 atom stereocenters. The Morgan fingerprint density at radius 3 is 1.73 bits per heavy atom. The van der Waals surface area contributed by atoms with Gasteiger partial charge in [0.2, 0.25) is 0 Å². The number of hydrogen-bond acceptors (Lipinski definition) is 2. The van der Waals surface area contributed by atoms with Gasteiger partial charge >= 0.3 is 12.4 Å². The average molecular weight is 622 g/mol. The summed E-state index contributed by atoms with van der Waals surface area (Å²) >= 11 is 0. The lowest BCUT2D eigenvalue weighted by molar-refractivity contribution is -0.138. The lowest BCUT2D eigenvalue weighted by Crippen LogP contribution is -2.24. The van der Waals surface area contributed by atoms with Crippen molar-refractivity contribution in [3.63, 3.8) is 0 Å². The monoisotopic (exact) mass is 621 g/mol. The van der Waals surface area contributed by atoms with E-state index in [9.17, 15) is 35.9 Å². The van der Waals surface area contributed by atoms with Gasteiger partial charge in [-0.3, -0.25) is 9.59 Å². The predicted molar refractivity (Wildman–Crippen MR) is 158 cm³/mol. The van der Waals surface area contributed by atoms with E-state index in [2.05, 4.69) is 10.6 Å². The van der Waals surface area contributed by atoms with Gasteiger partial charge in [-0.2, -0.15) is 26.3 Å². The number of benzene rings is 4. The number of aromatic nitrogens is 1. The highest BCUT2D eigenvalue weighted by molar-refractivity contribution is 6.09. The molecule has 0 aliphatic carbocycles. The Morgan fingerprint density at radius 2 is 1.18 bits per heavy atom. The molecule has 1 aromatic heterocycles. The fourth-order valence-corrected chi connectivity index (χ4v) is 4.77. The molecule has 2 amide bonds. The van der Waals surface area contributed by atoms with Crippen LogP contribution >= 0.6 is 0 Å². The fourth-order valence-electron chi connectivity index (χ4n) is 4.77. The van der Waals surface area contributed by atoms with Crippen LogP contribution in [0.25, 0.3) is 22.3 Å². The lowest BCUT2D eigenvalue weighted by Gasteiger charge is -2.11. The van der Waals surface area contributed by atoms with Crippen LogP contribution in [0.2, 0.25) is 0 Å². The van der Waals surface area contributed by atoms with Crippen LogP contribution in [-0.4, -0.2) is 16.4 Å². The van der Waals surface area contributed by atoms with Crippen LogP contribution in [-0.2, 0) is 25.9 Å². The quantitative estimate of drug-likeness (QED) is 0.179. The molecule has 1 heterocycles.